The molecule has 0 spiro atoms. The maximum atomic E-state index is 12.9. The summed E-state index contributed by atoms with van der Waals surface area (Å²) >= 11 is 0. The van der Waals surface area contributed by atoms with Crippen LogP contribution in [0.2, 0.25) is 0 Å². The molecule has 1 aromatic rings. The predicted molar refractivity (Wildman–Crippen MR) is 80.1 cm³/mol. The summed E-state index contributed by atoms with van der Waals surface area (Å²) in [6.07, 6.45) is 4.28. The average molecular weight is 291 g/mol. The molecule has 1 amide bonds. The maximum Gasteiger partial charge on any atom is 0.246 e. The van der Waals surface area contributed by atoms with Gasteiger partial charge in [0.2, 0.25) is 5.91 Å². The smallest absolute Gasteiger partial charge is 0.246 e. The molecule has 0 aromatic heterocycles. The minimum absolute atomic E-state index is 0.0993. The zero-order valence-electron chi connectivity index (χ0n) is 12.6. The van der Waals surface area contributed by atoms with Crippen LogP contribution in [0, 0.1) is 5.82 Å². The molecule has 114 valence electrons. The summed E-state index contributed by atoms with van der Waals surface area (Å²) in [5.74, 6) is -0.477. The standard InChI is InChI=1S/C17H22FNO2/c1-12(13-5-3-4-6-13)16(20)19-11-17(2,21)14-7-9-15(18)10-8-14/h7-10,21H,3-6,11H2,1-2H3,(H,19,20). The summed E-state index contributed by atoms with van der Waals surface area (Å²) in [5.41, 5.74) is 1.34. The first-order valence-electron chi connectivity index (χ1n) is 7.35. The molecule has 1 atom stereocenters. The van der Waals surface area contributed by atoms with Gasteiger partial charge in [0.15, 0.2) is 0 Å². The lowest BCUT2D eigenvalue weighted by Gasteiger charge is -2.24. The van der Waals surface area contributed by atoms with Crippen LogP contribution in [0.25, 0.3) is 0 Å². The van der Waals surface area contributed by atoms with Crippen molar-refractivity contribution in [2.75, 3.05) is 6.54 Å². The summed E-state index contributed by atoms with van der Waals surface area (Å²) in [6, 6.07) is 5.67. The normalized spacial score (nSPS) is 17.4. The molecular formula is C17H22FNO2. The lowest BCUT2D eigenvalue weighted by molar-refractivity contribution is -0.118. The van der Waals surface area contributed by atoms with Crippen LogP contribution in [0.4, 0.5) is 4.39 Å². The Morgan fingerprint density at radius 3 is 2.43 bits per heavy atom. The first kappa shape index (κ1) is 15.7. The number of hydrogen-bond donors (Lipinski definition) is 2. The van der Waals surface area contributed by atoms with E-state index in [2.05, 4.69) is 5.32 Å². The Morgan fingerprint density at radius 2 is 1.86 bits per heavy atom. The molecule has 2 rings (SSSR count). The van der Waals surface area contributed by atoms with Crippen molar-refractivity contribution in [1.82, 2.24) is 5.32 Å². The molecule has 0 radical (unpaired) electrons. The molecule has 1 saturated carbocycles. The van der Waals surface area contributed by atoms with Crippen molar-refractivity contribution in [2.24, 2.45) is 0 Å². The van der Waals surface area contributed by atoms with Crippen molar-refractivity contribution in [3.05, 3.63) is 46.8 Å². The van der Waals surface area contributed by atoms with Crippen LogP contribution in [0.3, 0.4) is 0 Å². The topological polar surface area (TPSA) is 49.3 Å². The number of nitrogens with one attached hydrogen (secondary N) is 1. The minimum Gasteiger partial charge on any atom is -0.384 e. The van der Waals surface area contributed by atoms with E-state index in [4.69, 9.17) is 0 Å². The Kier molecular flexibility index (Phi) is 4.78. The lowest BCUT2D eigenvalue weighted by Crippen LogP contribution is -2.39. The highest BCUT2D eigenvalue weighted by Gasteiger charge is 2.24. The van der Waals surface area contributed by atoms with E-state index in [1.165, 1.54) is 29.8 Å². The molecule has 0 heterocycles. The third-order valence-corrected chi connectivity index (χ3v) is 4.14. The second-order valence-corrected chi connectivity index (χ2v) is 5.90. The van der Waals surface area contributed by atoms with E-state index in [0.717, 1.165) is 31.3 Å². The highest BCUT2D eigenvalue weighted by molar-refractivity contribution is 5.93. The lowest BCUT2D eigenvalue weighted by atomic mass is 9.96. The van der Waals surface area contributed by atoms with E-state index in [1.807, 2.05) is 6.92 Å². The number of rotatable bonds is 4. The van der Waals surface area contributed by atoms with Gasteiger partial charge in [0.05, 0.1) is 6.54 Å². The van der Waals surface area contributed by atoms with Crippen molar-refractivity contribution >= 4 is 5.91 Å². The number of benzene rings is 1. The maximum absolute atomic E-state index is 12.9. The van der Waals surface area contributed by atoms with Gasteiger partial charge >= 0.3 is 0 Å². The van der Waals surface area contributed by atoms with E-state index in [1.54, 1.807) is 6.92 Å². The molecule has 3 nitrogen and oxygen atoms in total. The molecule has 2 N–H and O–H groups in total. The van der Waals surface area contributed by atoms with E-state index >= 15 is 0 Å². The van der Waals surface area contributed by atoms with Crippen LogP contribution in [0.15, 0.2) is 35.4 Å². The van der Waals surface area contributed by atoms with Gasteiger partial charge in [-0.15, -0.1) is 0 Å². The fraction of sp³-hybridized carbons (Fsp3) is 0.471. The Balaban J connectivity index is 1.99. The second-order valence-electron chi connectivity index (χ2n) is 5.90. The van der Waals surface area contributed by atoms with Crippen LogP contribution in [0.1, 0.15) is 45.1 Å². The summed E-state index contributed by atoms with van der Waals surface area (Å²) < 4.78 is 12.9. The SMILES string of the molecule is CC(C(=O)NCC(C)(O)c1ccc(F)cc1)=C1CCCC1. The molecule has 1 unspecified atom stereocenters. The summed E-state index contributed by atoms with van der Waals surface area (Å²) in [5, 5.41) is 13.2. The zero-order valence-corrected chi connectivity index (χ0v) is 12.6. The summed E-state index contributed by atoms with van der Waals surface area (Å²) in [4.78, 5) is 12.1. The Hall–Kier alpha value is -1.68. The summed E-state index contributed by atoms with van der Waals surface area (Å²) in [7, 11) is 0. The first-order chi connectivity index (χ1) is 9.90. The molecule has 21 heavy (non-hydrogen) atoms. The highest BCUT2D eigenvalue weighted by Crippen LogP contribution is 2.27. The van der Waals surface area contributed by atoms with Crippen molar-refractivity contribution in [3.63, 3.8) is 0 Å². The van der Waals surface area contributed by atoms with Gasteiger partial charge in [-0.25, -0.2) is 4.39 Å². The number of carbonyl (C=O) groups excluding carboxylic acids is 1. The van der Waals surface area contributed by atoms with E-state index < -0.39 is 5.60 Å². The van der Waals surface area contributed by atoms with Crippen LogP contribution in [-0.4, -0.2) is 17.6 Å². The van der Waals surface area contributed by atoms with Gasteiger partial charge < -0.3 is 10.4 Å². The van der Waals surface area contributed by atoms with Crippen LogP contribution in [0.5, 0.6) is 0 Å². The Morgan fingerprint density at radius 1 is 1.29 bits per heavy atom. The fourth-order valence-corrected chi connectivity index (χ4v) is 2.63. The minimum atomic E-state index is -1.22. The van der Waals surface area contributed by atoms with Gasteiger partial charge in [-0.1, -0.05) is 17.7 Å². The largest absolute Gasteiger partial charge is 0.384 e. The van der Waals surface area contributed by atoms with Crippen molar-refractivity contribution in [2.45, 2.75) is 45.1 Å². The number of aliphatic hydroxyl groups is 1. The van der Waals surface area contributed by atoms with Crippen molar-refractivity contribution in [1.29, 1.82) is 0 Å². The first-order valence-corrected chi connectivity index (χ1v) is 7.35. The Labute approximate surface area is 124 Å². The molecule has 0 saturated heterocycles. The third-order valence-electron chi connectivity index (χ3n) is 4.14. The zero-order chi connectivity index (χ0) is 15.5. The molecule has 1 aromatic carbocycles. The molecule has 4 heteroatoms. The predicted octanol–water partition coefficient (Wildman–Crippen LogP) is 3.04. The van der Waals surface area contributed by atoms with Gasteiger partial charge in [-0.05, 0) is 57.2 Å². The van der Waals surface area contributed by atoms with Crippen molar-refractivity contribution < 1.29 is 14.3 Å². The van der Waals surface area contributed by atoms with Gasteiger partial charge in [0, 0.05) is 5.57 Å². The second kappa shape index (κ2) is 6.39. The number of hydrogen-bond acceptors (Lipinski definition) is 2. The quantitative estimate of drug-likeness (QED) is 0.838. The van der Waals surface area contributed by atoms with Gasteiger partial charge in [0.25, 0.3) is 0 Å². The molecule has 0 aliphatic heterocycles. The number of amides is 1. The van der Waals surface area contributed by atoms with Crippen molar-refractivity contribution in [3.8, 4) is 0 Å². The van der Waals surface area contributed by atoms with E-state index in [0.29, 0.717) is 5.56 Å². The Bertz CT molecular complexity index is 538. The van der Waals surface area contributed by atoms with E-state index in [9.17, 15) is 14.3 Å². The molecule has 0 bridgehead atoms. The van der Waals surface area contributed by atoms with Crippen LogP contribution in [-0.2, 0) is 10.4 Å². The number of allylic oxidation sites excluding steroid dienone is 1. The summed E-state index contributed by atoms with van der Waals surface area (Å²) in [6.45, 7) is 3.54. The third kappa shape index (κ3) is 3.91. The molecule has 1 aliphatic carbocycles. The van der Waals surface area contributed by atoms with Crippen LogP contribution >= 0.6 is 0 Å². The monoisotopic (exact) mass is 291 g/mol. The van der Waals surface area contributed by atoms with Crippen LogP contribution < -0.4 is 5.32 Å². The number of halogens is 1. The average Bonchev–Trinajstić information content (AvgIpc) is 2.98. The molecular weight excluding hydrogens is 269 g/mol. The van der Waals surface area contributed by atoms with Gasteiger partial charge in [-0.3, -0.25) is 4.79 Å². The molecule has 1 fully saturated rings. The highest BCUT2D eigenvalue weighted by atomic mass is 19.1. The fourth-order valence-electron chi connectivity index (χ4n) is 2.63. The molecule has 1 aliphatic rings. The van der Waals surface area contributed by atoms with Gasteiger partial charge in [0.1, 0.15) is 11.4 Å². The van der Waals surface area contributed by atoms with Gasteiger partial charge in [-0.2, -0.15) is 0 Å². The van der Waals surface area contributed by atoms with E-state index in [-0.39, 0.29) is 18.3 Å². The number of carbonyl (C=O) groups is 1.